The van der Waals surface area contributed by atoms with Gasteiger partial charge in [0.25, 0.3) is 0 Å². The summed E-state index contributed by atoms with van der Waals surface area (Å²) in [6, 6.07) is 22.5. The van der Waals surface area contributed by atoms with Crippen LogP contribution < -0.4 is 4.74 Å². The number of nitriles is 1. The number of nitrogens with zero attached hydrogens (tertiary/aromatic N) is 1. The lowest BCUT2D eigenvalue weighted by molar-refractivity contribution is 0.308. The number of ether oxygens (including phenoxy) is 1. The summed E-state index contributed by atoms with van der Waals surface area (Å²) in [5, 5.41) is 11.6. The summed E-state index contributed by atoms with van der Waals surface area (Å²) in [4.78, 5) is 0. The number of rotatable bonds is 6. The molecule has 3 rings (SSSR count). The highest BCUT2D eigenvalue weighted by atomic mass is 19.1. The smallest absolute Gasteiger partial charge is 0.127 e. The Balaban J connectivity index is 1.58. The molecule has 0 aliphatic carbocycles. The van der Waals surface area contributed by atoms with Crippen LogP contribution in [-0.2, 0) is 0 Å². The molecule has 3 aromatic rings. The van der Waals surface area contributed by atoms with E-state index in [4.69, 9.17) is 4.74 Å². The van der Waals surface area contributed by atoms with E-state index < -0.39 is 0 Å². The first-order chi connectivity index (χ1) is 11.8. The minimum atomic E-state index is -0.283. The van der Waals surface area contributed by atoms with Crippen LogP contribution in [0, 0.1) is 17.1 Å². The fraction of sp³-hybridized carbons (Fsp3) is 0.190. The first-order valence-corrected chi connectivity index (χ1v) is 8.03. The molecule has 3 aromatic carbocycles. The standard InChI is InChI=1S/C21H18FNO/c22-19-12-10-16(11-13-19)18(15-23)7-4-14-24-21-9-3-6-17-5-1-2-8-20(17)21/h1-3,5-6,8-13,18H,4,7,14H2. The van der Waals surface area contributed by atoms with Gasteiger partial charge < -0.3 is 4.74 Å². The summed E-state index contributed by atoms with van der Waals surface area (Å²) in [6.07, 6.45) is 1.45. The number of hydrogen-bond acceptors (Lipinski definition) is 2. The first-order valence-electron chi connectivity index (χ1n) is 8.03. The Labute approximate surface area is 141 Å². The molecule has 0 fully saturated rings. The van der Waals surface area contributed by atoms with Gasteiger partial charge in [-0.2, -0.15) is 5.26 Å². The number of halogens is 1. The van der Waals surface area contributed by atoms with Crippen molar-refractivity contribution < 1.29 is 9.13 Å². The molecule has 0 aromatic heterocycles. The highest BCUT2D eigenvalue weighted by Gasteiger charge is 2.10. The quantitative estimate of drug-likeness (QED) is 0.566. The van der Waals surface area contributed by atoms with Gasteiger partial charge in [-0.25, -0.2) is 4.39 Å². The van der Waals surface area contributed by atoms with Gasteiger partial charge in [-0.3, -0.25) is 0 Å². The number of benzene rings is 3. The lowest BCUT2D eigenvalue weighted by Gasteiger charge is -2.12. The Morgan fingerprint density at radius 2 is 1.71 bits per heavy atom. The minimum absolute atomic E-state index is 0.235. The van der Waals surface area contributed by atoms with Gasteiger partial charge in [0.05, 0.1) is 18.6 Å². The molecule has 2 nitrogen and oxygen atoms in total. The summed E-state index contributed by atoms with van der Waals surface area (Å²) in [5.74, 6) is 0.347. The Hall–Kier alpha value is -2.86. The maximum absolute atomic E-state index is 13.0. The van der Waals surface area contributed by atoms with Crippen molar-refractivity contribution in [1.82, 2.24) is 0 Å². The van der Waals surface area contributed by atoms with E-state index in [1.165, 1.54) is 12.1 Å². The average Bonchev–Trinajstić information content (AvgIpc) is 2.63. The SMILES string of the molecule is N#CC(CCCOc1cccc2ccccc12)c1ccc(F)cc1. The maximum Gasteiger partial charge on any atom is 0.127 e. The molecule has 0 saturated carbocycles. The van der Waals surface area contributed by atoms with Gasteiger partial charge >= 0.3 is 0 Å². The molecule has 1 unspecified atom stereocenters. The summed E-state index contributed by atoms with van der Waals surface area (Å²) < 4.78 is 18.9. The van der Waals surface area contributed by atoms with Crippen LogP contribution in [0.15, 0.2) is 66.7 Å². The topological polar surface area (TPSA) is 33.0 Å². The Bertz CT molecular complexity index is 846. The summed E-state index contributed by atoms with van der Waals surface area (Å²) in [6.45, 7) is 0.549. The predicted molar refractivity (Wildman–Crippen MR) is 93.4 cm³/mol. The molecular weight excluding hydrogens is 301 g/mol. The molecule has 1 atom stereocenters. The van der Waals surface area contributed by atoms with Crippen molar-refractivity contribution in [3.05, 3.63) is 78.1 Å². The largest absolute Gasteiger partial charge is 0.493 e. The van der Waals surface area contributed by atoms with Crippen molar-refractivity contribution >= 4 is 10.8 Å². The molecule has 0 bridgehead atoms. The second-order valence-corrected chi connectivity index (χ2v) is 5.70. The molecule has 0 spiro atoms. The van der Waals surface area contributed by atoms with Crippen LogP contribution in [0.2, 0.25) is 0 Å². The van der Waals surface area contributed by atoms with E-state index >= 15 is 0 Å². The van der Waals surface area contributed by atoms with Crippen LogP contribution in [0.1, 0.15) is 24.3 Å². The Morgan fingerprint density at radius 1 is 0.958 bits per heavy atom. The Kier molecular flexibility index (Phi) is 5.08. The molecule has 0 radical (unpaired) electrons. The molecule has 0 amide bonds. The van der Waals surface area contributed by atoms with Crippen molar-refractivity contribution in [2.75, 3.05) is 6.61 Å². The third-order valence-electron chi connectivity index (χ3n) is 4.07. The zero-order valence-electron chi connectivity index (χ0n) is 13.3. The predicted octanol–water partition coefficient (Wildman–Crippen LogP) is 5.45. The average molecular weight is 319 g/mol. The van der Waals surface area contributed by atoms with Crippen molar-refractivity contribution in [2.24, 2.45) is 0 Å². The first kappa shape index (κ1) is 16.0. The number of fused-ring (bicyclic) bond motifs is 1. The molecule has 0 N–H and O–H groups in total. The zero-order chi connectivity index (χ0) is 16.8. The second kappa shape index (κ2) is 7.61. The summed E-state index contributed by atoms with van der Waals surface area (Å²) in [5.41, 5.74) is 0.851. The van der Waals surface area contributed by atoms with Crippen molar-refractivity contribution in [3.8, 4) is 11.8 Å². The van der Waals surface area contributed by atoms with Crippen molar-refractivity contribution in [2.45, 2.75) is 18.8 Å². The van der Waals surface area contributed by atoms with E-state index in [1.54, 1.807) is 12.1 Å². The number of hydrogen-bond donors (Lipinski definition) is 0. The van der Waals surface area contributed by atoms with Crippen LogP contribution in [0.25, 0.3) is 10.8 Å². The highest BCUT2D eigenvalue weighted by molar-refractivity contribution is 5.88. The van der Waals surface area contributed by atoms with E-state index in [9.17, 15) is 9.65 Å². The lowest BCUT2D eigenvalue weighted by atomic mass is 9.96. The van der Waals surface area contributed by atoms with Crippen LogP contribution in [0.5, 0.6) is 5.75 Å². The summed E-state index contributed by atoms with van der Waals surface area (Å²) in [7, 11) is 0. The van der Waals surface area contributed by atoms with Crippen LogP contribution in [0.3, 0.4) is 0 Å². The van der Waals surface area contributed by atoms with Gasteiger partial charge in [0.15, 0.2) is 0 Å². The second-order valence-electron chi connectivity index (χ2n) is 5.70. The van der Waals surface area contributed by atoms with Crippen LogP contribution >= 0.6 is 0 Å². The zero-order valence-corrected chi connectivity index (χ0v) is 13.3. The highest BCUT2D eigenvalue weighted by Crippen LogP contribution is 2.26. The third-order valence-corrected chi connectivity index (χ3v) is 4.07. The summed E-state index contributed by atoms with van der Waals surface area (Å²) >= 11 is 0. The normalized spacial score (nSPS) is 11.8. The maximum atomic E-state index is 13.0. The fourth-order valence-corrected chi connectivity index (χ4v) is 2.79. The van der Waals surface area contributed by atoms with Gasteiger partial charge in [-0.15, -0.1) is 0 Å². The van der Waals surface area contributed by atoms with Gasteiger partial charge in [-0.05, 0) is 42.0 Å². The Morgan fingerprint density at radius 3 is 2.50 bits per heavy atom. The van der Waals surface area contributed by atoms with E-state index in [2.05, 4.69) is 18.2 Å². The molecule has 0 aliphatic rings. The van der Waals surface area contributed by atoms with Gasteiger partial charge in [0, 0.05) is 5.39 Å². The van der Waals surface area contributed by atoms with E-state index in [0.29, 0.717) is 13.0 Å². The van der Waals surface area contributed by atoms with Gasteiger partial charge in [0.2, 0.25) is 0 Å². The molecular formula is C21H18FNO. The van der Waals surface area contributed by atoms with Crippen molar-refractivity contribution in [1.29, 1.82) is 5.26 Å². The van der Waals surface area contributed by atoms with Gasteiger partial charge in [0.1, 0.15) is 11.6 Å². The fourth-order valence-electron chi connectivity index (χ4n) is 2.79. The van der Waals surface area contributed by atoms with Gasteiger partial charge in [-0.1, -0.05) is 48.5 Å². The molecule has 0 heterocycles. The molecule has 0 aliphatic heterocycles. The minimum Gasteiger partial charge on any atom is -0.493 e. The van der Waals surface area contributed by atoms with E-state index in [1.807, 2.05) is 30.3 Å². The van der Waals surface area contributed by atoms with Crippen LogP contribution in [0.4, 0.5) is 4.39 Å². The molecule has 0 saturated heterocycles. The monoisotopic (exact) mass is 319 g/mol. The third kappa shape index (κ3) is 3.72. The van der Waals surface area contributed by atoms with Crippen LogP contribution in [-0.4, -0.2) is 6.61 Å². The molecule has 3 heteroatoms. The van der Waals surface area contributed by atoms with Crippen molar-refractivity contribution in [3.63, 3.8) is 0 Å². The van der Waals surface area contributed by atoms with E-state index in [-0.39, 0.29) is 11.7 Å². The lowest BCUT2D eigenvalue weighted by Crippen LogP contribution is -2.02. The molecule has 24 heavy (non-hydrogen) atoms. The molecule has 120 valence electrons. The van der Waals surface area contributed by atoms with E-state index in [0.717, 1.165) is 28.5 Å².